The second kappa shape index (κ2) is 5.63. The van der Waals surface area contributed by atoms with E-state index >= 15 is 0 Å². The van der Waals surface area contributed by atoms with Crippen LogP contribution in [-0.4, -0.2) is 19.0 Å². The highest BCUT2D eigenvalue weighted by Crippen LogP contribution is 2.15. The maximum atomic E-state index is 11.9. The van der Waals surface area contributed by atoms with Crippen LogP contribution in [0.4, 0.5) is 5.69 Å². The molecule has 1 amide bonds. The predicted molar refractivity (Wildman–Crippen MR) is 73.4 cm³/mol. The molecule has 1 heterocycles. The molecule has 86 valence electrons. The van der Waals surface area contributed by atoms with Gasteiger partial charge in [-0.25, -0.2) is 0 Å². The van der Waals surface area contributed by atoms with E-state index in [4.69, 9.17) is 0 Å². The molecule has 1 aliphatic rings. The molecule has 0 aromatic heterocycles. The molecule has 3 nitrogen and oxygen atoms in total. The number of rotatable bonds is 2. The Labute approximate surface area is 109 Å². The third-order valence-electron chi connectivity index (χ3n) is 2.78. The topological polar surface area (TPSA) is 41.1 Å². The second-order valence-corrected chi connectivity index (χ2v) is 5.29. The molecule has 0 bridgehead atoms. The highest BCUT2D eigenvalue weighted by molar-refractivity contribution is 14.1. The van der Waals surface area contributed by atoms with Crippen molar-refractivity contribution >= 4 is 34.2 Å². The minimum Gasteiger partial charge on any atom is -0.326 e. The molecule has 0 radical (unpaired) electrons. The van der Waals surface area contributed by atoms with Crippen LogP contribution in [0.2, 0.25) is 0 Å². The second-order valence-electron chi connectivity index (χ2n) is 4.04. The first-order chi connectivity index (χ1) is 7.75. The normalized spacial score (nSPS) is 20.4. The van der Waals surface area contributed by atoms with Crippen LogP contribution in [0.1, 0.15) is 12.8 Å². The molecule has 0 saturated carbocycles. The van der Waals surface area contributed by atoms with E-state index in [1.165, 1.54) is 3.57 Å². The monoisotopic (exact) mass is 330 g/mol. The van der Waals surface area contributed by atoms with Crippen LogP contribution in [0.15, 0.2) is 24.3 Å². The molecule has 4 heteroatoms. The summed E-state index contributed by atoms with van der Waals surface area (Å²) in [6, 6.07) is 7.87. The lowest BCUT2D eigenvalue weighted by Crippen LogP contribution is -2.37. The van der Waals surface area contributed by atoms with Gasteiger partial charge in [-0.05, 0) is 66.2 Å². The molecule has 0 unspecified atom stereocenters. The Kier molecular flexibility index (Phi) is 4.17. The van der Waals surface area contributed by atoms with Crippen LogP contribution in [0.3, 0.4) is 0 Å². The zero-order valence-electron chi connectivity index (χ0n) is 9.00. The molecule has 2 rings (SSSR count). The Hall–Kier alpha value is -0.620. The summed E-state index contributed by atoms with van der Waals surface area (Å²) in [6.07, 6.45) is 2.08. The van der Waals surface area contributed by atoms with Gasteiger partial charge in [0.05, 0.1) is 5.92 Å². The van der Waals surface area contributed by atoms with Crippen molar-refractivity contribution in [1.29, 1.82) is 0 Å². The number of anilines is 1. The molecule has 1 aliphatic heterocycles. The summed E-state index contributed by atoms with van der Waals surface area (Å²) in [6.45, 7) is 1.84. The van der Waals surface area contributed by atoms with Crippen LogP contribution >= 0.6 is 22.6 Å². The molecule has 0 aliphatic carbocycles. The summed E-state index contributed by atoms with van der Waals surface area (Å²) in [5.41, 5.74) is 0.885. The van der Waals surface area contributed by atoms with Crippen molar-refractivity contribution in [3.63, 3.8) is 0 Å². The minimum atomic E-state index is 0.119. The van der Waals surface area contributed by atoms with Crippen molar-refractivity contribution in [2.24, 2.45) is 5.92 Å². The molecule has 2 N–H and O–H groups in total. The molecule has 1 saturated heterocycles. The number of halogens is 1. The first-order valence-corrected chi connectivity index (χ1v) is 6.61. The Morgan fingerprint density at radius 2 is 2.12 bits per heavy atom. The molecule has 1 atom stereocenters. The zero-order chi connectivity index (χ0) is 11.4. The van der Waals surface area contributed by atoms with Crippen molar-refractivity contribution in [1.82, 2.24) is 5.32 Å². The van der Waals surface area contributed by atoms with Crippen LogP contribution in [-0.2, 0) is 4.79 Å². The fraction of sp³-hybridized carbons (Fsp3) is 0.417. The minimum absolute atomic E-state index is 0.119. The largest absolute Gasteiger partial charge is 0.326 e. The van der Waals surface area contributed by atoms with E-state index in [1.54, 1.807) is 0 Å². The summed E-state index contributed by atoms with van der Waals surface area (Å²) >= 11 is 2.25. The number of carbonyl (C=O) groups is 1. The van der Waals surface area contributed by atoms with Crippen molar-refractivity contribution in [3.8, 4) is 0 Å². The van der Waals surface area contributed by atoms with E-state index in [0.717, 1.165) is 31.6 Å². The number of piperidine rings is 1. The smallest absolute Gasteiger partial charge is 0.228 e. The van der Waals surface area contributed by atoms with E-state index in [2.05, 4.69) is 33.2 Å². The van der Waals surface area contributed by atoms with Gasteiger partial charge in [-0.2, -0.15) is 0 Å². The number of amides is 1. The Bertz CT molecular complexity index is 358. The predicted octanol–water partition coefficient (Wildman–Crippen LogP) is 2.23. The van der Waals surface area contributed by atoms with Crippen molar-refractivity contribution in [2.75, 3.05) is 18.4 Å². The number of nitrogens with one attached hydrogen (secondary N) is 2. The number of hydrogen-bond donors (Lipinski definition) is 2. The van der Waals surface area contributed by atoms with Gasteiger partial charge in [0.25, 0.3) is 0 Å². The highest BCUT2D eigenvalue weighted by Gasteiger charge is 2.20. The van der Waals surface area contributed by atoms with Crippen LogP contribution in [0.5, 0.6) is 0 Å². The van der Waals surface area contributed by atoms with Gasteiger partial charge in [-0.15, -0.1) is 0 Å². The van der Waals surface area contributed by atoms with Gasteiger partial charge < -0.3 is 10.6 Å². The van der Waals surface area contributed by atoms with Gasteiger partial charge in [0.2, 0.25) is 5.91 Å². The molecule has 0 spiro atoms. The average molecular weight is 330 g/mol. The van der Waals surface area contributed by atoms with Crippen LogP contribution in [0, 0.1) is 9.49 Å². The quantitative estimate of drug-likeness (QED) is 0.817. The number of carbonyl (C=O) groups excluding carboxylic acids is 1. The SMILES string of the molecule is O=C(Nc1ccc(I)cc1)[C@@H]1CCCNC1. The fourth-order valence-corrected chi connectivity index (χ4v) is 2.21. The fourth-order valence-electron chi connectivity index (χ4n) is 1.85. The van der Waals surface area contributed by atoms with Gasteiger partial charge in [0, 0.05) is 15.8 Å². The highest BCUT2D eigenvalue weighted by atomic mass is 127. The van der Waals surface area contributed by atoms with E-state index < -0.39 is 0 Å². The summed E-state index contributed by atoms with van der Waals surface area (Å²) in [5, 5.41) is 6.21. The molecule has 1 aromatic carbocycles. The summed E-state index contributed by atoms with van der Waals surface area (Å²) in [7, 11) is 0. The summed E-state index contributed by atoms with van der Waals surface area (Å²) < 4.78 is 1.18. The molecule has 1 fully saturated rings. The van der Waals surface area contributed by atoms with Gasteiger partial charge in [0.15, 0.2) is 0 Å². The van der Waals surface area contributed by atoms with E-state index in [0.29, 0.717) is 0 Å². The van der Waals surface area contributed by atoms with Gasteiger partial charge >= 0.3 is 0 Å². The molecular weight excluding hydrogens is 315 g/mol. The van der Waals surface area contributed by atoms with E-state index in [-0.39, 0.29) is 11.8 Å². The van der Waals surface area contributed by atoms with Gasteiger partial charge in [-0.3, -0.25) is 4.79 Å². The van der Waals surface area contributed by atoms with Crippen LogP contribution in [0.25, 0.3) is 0 Å². The molecule has 1 aromatic rings. The Morgan fingerprint density at radius 1 is 1.38 bits per heavy atom. The first-order valence-electron chi connectivity index (χ1n) is 5.53. The Morgan fingerprint density at radius 3 is 2.75 bits per heavy atom. The third-order valence-corrected chi connectivity index (χ3v) is 3.50. The molecule has 16 heavy (non-hydrogen) atoms. The Balaban J connectivity index is 1.93. The first kappa shape index (κ1) is 11.9. The van der Waals surface area contributed by atoms with Gasteiger partial charge in [0.1, 0.15) is 0 Å². The maximum Gasteiger partial charge on any atom is 0.228 e. The third kappa shape index (κ3) is 3.18. The van der Waals surface area contributed by atoms with Crippen LogP contribution < -0.4 is 10.6 Å². The lowest BCUT2D eigenvalue weighted by atomic mass is 9.99. The maximum absolute atomic E-state index is 11.9. The standard InChI is InChI=1S/C12H15IN2O/c13-10-3-5-11(6-4-10)15-12(16)9-2-1-7-14-8-9/h3-6,9,14H,1-2,7-8H2,(H,15,16)/t9-/m1/s1. The van der Waals surface area contributed by atoms with Crippen molar-refractivity contribution in [3.05, 3.63) is 27.8 Å². The van der Waals surface area contributed by atoms with Crippen molar-refractivity contribution in [2.45, 2.75) is 12.8 Å². The summed E-state index contributed by atoms with van der Waals surface area (Å²) in [4.78, 5) is 11.9. The summed E-state index contributed by atoms with van der Waals surface area (Å²) in [5.74, 6) is 0.251. The lowest BCUT2D eigenvalue weighted by molar-refractivity contribution is -0.120. The zero-order valence-corrected chi connectivity index (χ0v) is 11.2. The van der Waals surface area contributed by atoms with E-state index in [1.807, 2.05) is 24.3 Å². The van der Waals surface area contributed by atoms with Gasteiger partial charge in [-0.1, -0.05) is 0 Å². The van der Waals surface area contributed by atoms with E-state index in [9.17, 15) is 4.79 Å². The molecular formula is C12H15IN2O. The number of hydrogen-bond acceptors (Lipinski definition) is 2. The average Bonchev–Trinajstić information content (AvgIpc) is 2.33. The van der Waals surface area contributed by atoms with Crippen molar-refractivity contribution < 1.29 is 4.79 Å². The lowest BCUT2D eigenvalue weighted by Gasteiger charge is -2.21. The number of benzene rings is 1.